The lowest BCUT2D eigenvalue weighted by molar-refractivity contribution is 0.343. The molecule has 4 nitrogen and oxygen atoms in total. The van der Waals surface area contributed by atoms with E-state index in [-0.39, 0.29) is 11.9 Å². The summed E-state index contributed by atoms with van der Waals surface area (Å²) in [5.74, 6) is 0. The third kappa shape index (κ3) is 1.97. The maximum atomic E-state index is 8.67. The quantitative estimate of drug-likeness (QED) is 0.629. The number of nitrogens with zero attached hydrogens (tertiary/aromatic N) is 2. The summed E-state index contributed by atoms with van der Waals surface area (Å²) in [4.78, 5) is 10.8. The second-order valence-electron chi connectivity index (χ2n) is 2.84. The van der Waals surface area contributed by atoms with Gasteiger partial charge in [-0.25, -0.2) is 4.98 Å². The molecule has 0 aliphatic rings. The lowest BCUT2D eigenvalue weighted by Gasteiger charge is -1.95. The molecule has 0 spiro atoms. The van der Waals surface area contributed by atoms with E-state index in [9.17, 15) is 0 Å². The van der Waals surface area contributed by atoms with Gasteiger partial charge >= 0.3 is 0 Å². The lowest BCUT2D eigenvalue weighted by atomic mass is 10.2. The second kappa shape index (κ2) is 4.18. The molecule has 0 aliphatic heterocycles. The monoisotopic (exact) mass is 243 g/mol. The Bertz CT molecular complexity index is 521. The molecule has 0 saturated heterocycles. The fraction of sp³-hybridized carbons (Fsp3) is 0.111. The first-order valence-electron chi connectivity index (χ1n) is 4.20. The zero-order valence-electron chi connectivity index (χ0n) is 7.54. The van der Waals surface area contributed by atoms with E-state index >= 15 is 0 Å². The molecule has 0 radical (unpaired) electrons. The summed E-state index contributed by atoms with van der Waals surface area (Å²) in [6, 6.07) is 0. The highest BCUT2D eigenvalue weighted by molar-refractivity contribution is 6.36. The Morgan fingerprint density at radius 3 is 2.93 bits per heavy atom. The van der Waals surface area contributed by atoms with Crippen LogP contribution in [-0.2, 0) is 0 Å². The molecule has 6 heteroatoms. The molecule has 15 heavy (non-hydrogen) atoms. The molecule has 2 rings (SSSR count). The molecule has 2 N–H and O–H groups in total. The van der Waals surface area contributed by atoms with Gasteiger partial charge in [-0.15, -0.1) is 0 Å². The van der Waals surface area contributed by atoms with Crippen molar-refractivity contribution >= 4 is 40.3 Å². The van der Waals surface area contributed by atoms with Gasteiger partial charge in [-0.2, -0.15) is 4.98 Å². The van der Waals surface area contributed by atoms with Crippen LogP contribution in [0.2, 0.25) is 10.4 Å². The van der Waals surface area contributed by atoms with Crippen LogP contribution in [0.5, 0.6) is 0 Å². The predicted molar refractivity (Wildman–Crippen MR) is 60.0 cm³/mol. The van der Waals surface area contributed by atoms with Crippen LogP contribution >= 0.6 is 23.2 Å². The number of aliphatic hydroxyl groups excluding tert-OH is 1. The lowest BCUT2D eigenvalue weighted by Crippen LogP contribution is -1.85. The van der Waals surface area contributed by atoms with Crippen molar-refractivity contribution in [3.05, 3.63) is 28.3 Å². The fourth-order valence-corrected chi connectivity index (χ4v) is 1.79. The Hall–Kier alpha value is -1.10. The van der Waals surface area contributed by atoms with E-state index in [4.69, 9.17) is 28.3 Å². The zero-order chi connectivity index (χ0) is 10.8. The summed E-state index contributed by atoms with van der Waals surface area (Å²) in [7, 11) is 0. The van der Waals surface area contributed by atoms with Crippen molar-refractivity contribution in [3.8, 4) is 0 Å². The van der Waals surface area contributed by atoms with Crippen LogP contribution < -0.4 is 0 Å². The standard InChI is InChI=1S/C9H7Cl2N3O/c10-7-6-5(2-1-3-15)4-12-8(6)14-9(11)13-7/h1-2,4,15H,3H2,(H,12,13,14). The van der Waals surface area contributed by atoms with Crippen molar-refractivity contribution in [1.29, 1.82) is 0 Å². The van der Waals surface area contributed by atoms with E-state index in [0.717, 1.165) is 5.56 Å². The summed E-state index contributed by atoms with van der Waals surface area (Å²) < 4.78 is 0. The van der Waals surface area contributed by atoms with Crippen molar-refractivity contribution < 1.29 is 5.11 Å². The number of H-pyrrole nitrogens is 1. The highest BCUT2D eigenvalue weighted by atomic mass is 35.5. The van der Waals surface area contributed by atoms with Gasteiger partial charge in [-0.3, -0.25) is 0 Å². The van der Waals surface area contributed by atoms with E-state index < -0.39 is 0 Å². The summed E-state index contributed by atoms with van der Waals surface area (Å²) in [6.45, 7) is -0.0290. The topological polar surface area (TPSA) is 61.8 Å². The van der Waals surface area contributed by atoms with Crippen molar-refractivity contribution in [1.82, 2.24) is 15.0 Å². The predicted octanol–water partition coefficient (Wildman–Crippen LogP) is 2.27. The number of fused-ring (bicyclic) bond motifs is 1. The second-order valence-corrected chi connectivity index (χ2v) is 3.53. The molecule has 0 unspecified atom stereocenters. The van der Waals surface area contributed by atoms with Crippen LogP contribution in [0.4, 0.5) is 0 Å². The van der Waals surface area contributed by atoms with Crippen LogP contribution in [0.15, 0.2) is 12.3 Å². The molecule has 0 bridgehead atoms. The SMILES string of the molecule is OCC=Cc1c[nH]c2nc(Cl)nc(Cl)c12. The van der Waals surface area contributed by atoms with E-state index in [1.165, 1.54) is 0 Å². The van der Waals surface area contributed by atoms with Gasteiger partial charge in [0.15, 0.2) is 0 Å². The Labute approximate surface area is 95.6 Å². The van der Waals surface area contributed by atoms with Gasteiger partial charge in [0.05, 0.1) is 12.0 Å². The minimum atomic E-state index is -0.0290. The van der Waals surface area contributed by atoms with Crippen LogP contribution in [0.1, 0.15) is 5.56 Å². The van der Waals surface area contributed by atoms with Gasteiger partial charge in [0.1, 0.15) is 10.8 Å². The Morgan fingerprint density at radius 1 is 1.40 bits per heavy atom. The van der Waals surface area contributed by atoms with Crippen molar-refractivity contribution in [2.75, 3.05) is 6.61 Å². The number of rotatable bonds is 2. The van der Waals surface area contributed by atoms with Crippen molar-refractivity contribution in [2.45, 2.75) is 0 Å². The van der Waals surface area contributed by atoms with E-state index in [2.05, 4.69) is 15.0 Å². The summed E-state index contributed by atoms with van der Waals surface area (Å²) in [5, 5.41) is 9.77. The first kappa shape index (κ1) is 10.4. The minimum Gasteiger partial charge on any atom is -0.392 e. The summed E-state index contributed by atoms with van der Waals surface area (Å²) >= 11 is 11.6. The molecule has 2 aromatic heterocycles. The molecular weight excluding hydrogens is 237 g/mol. The van der Waals surface area contributed by atoms with Crippen LogP contribution in [0.25, 0.3) is 17.1 Å². The van der Waals surface area contributed by atoms with Gasteiger partial charge in [-0.1, -0.05) is 23.8 Å². The molecule has 0 aromatic carbocycles. The molecule has 2 aromatic rings. The van der Waals surface area contributed by atoms with Gasteiger partial charge in [-0.05, 0) is 11.6 Å². The number of aromatic nitrogens is 3. The normalized spacial score (nSPS) is 11.7. The smallest absolute Gasteiger partial charge is 0.225 e. The van der Waals surface area contributed by atoms with E-state index in [1.807, 2.05) is 0 Å². The highest BCUT2D eigenvalue weighted by Gasteiger charge is 2.09. The summed E-state index contributed by atoms with van der Waals surface area (Å²) in [6.07, 6.45) is 5.07. The number of halogens is 2. The third-order valence-corrected chi connectivity index (χ3v) is 2.34. The fourth-order valence-electron chi connectivity index (χ4n) is 1.30. The Balaban J connectivity index is 2.63. The minimum absolute atomic E-state index is 0.0290. The molecule has 78 valence electrons. The highest BCUT2D eigenvalue weighted by Crippen LogP contribution is 2.25. The molecule has 0 aliphatic carbocycles. The first-order valence-corrected chi connectivity index (χ1v) is 4.95. The van der Waals surface area contributed by atoms with E-state index in [0.29, 0.717) is 16.2 Å². The van der Waals surface area contributed by atoms with Crippen LogP contribution in [-0.4, -0.2) is 26.7 Å². The third-order valence-electron chi connectivity index (χ3n) is 1.89. The molecule has 0 fully saturated rings. The molecule has 0 atom stereocenters. The molecule has 0 saturated carbocycles. The van der Waals surface area contributed by atoms with Gasteiger partial charge in [0.25, 0.3) is 0 Å². The van der Waals surface area contributed by atoms with Crippen LogP contribution in [0.3, 0.4) is 0 Å². The average molecular weight is 244 g/mol. The summed E-state index contributed by atoms with van der Waals surface area (Å²) in [5.41, 5.74) is 1.40. The zero-order valence-corrected chi connectivity index (χ0v) is 9.05. The van der Waals surface area contributed by atoms with Gasteiger partial charge in [0.2, 0.25) is 5.28 Å². The van der Waals surface area contributed by atoms with Crippen molar-refractivity contribution in [2.24, 2.45) is 0 Å². The maximum Gasteiger partial charge on any atom is 0.225 e. The molecule has 0 amide bonds. The maximum absolute atomic E-state index is 8.67. The Morgan fingerprint density at radius 2 is 2.20 bits per heavy atom. The largest absolute Gasteiger partial charge is 0.392 e. The van der Waals surface area contributed by atoms with E-state index in [1.54, 1.807) is 18.3 Å². The number of aromatic amines is 1. The number of hydrogen-bond donors (Lipinski definition) is 2. The number of hydrogen-bond acceptors (Lipinski definition) is 3. The van der Waals surface area contributed by atoms with Gasteiger partial charge < -0.3 is 10.1 Å². The van der Waals surface area contributed by atoms with Gasteiger partial charge in [0, 0.05) is 11.8 Å². The number of nitrogens with one attached hydrogen (secondary N) is 1. The molecule has 2 heterocycles. The van der Waals surface area contributed by atoms with Crippen LogP contribution in [0, 0.1) is 0 Å². The first-order chi connectivity index (χ1) is 7.22. The number of aliphatic hydroxyl groups is 1. The van der Waals surface area contributed by atoms with Crippen molar-refractivity contribution in [3.63, 3.8) is 0 Å². The molecular formula is C9H7Cl2N3O. The Kier molecular flexibility index (Phi) is 2.90. The average Bonchev–Trinajstić information content (AvgIpc) is 2.58.